The molecule has 1 aromatic carbocycles. The third-order valence-corrected chi connectivity index (χ3v) is 3.53. The van der Waals surface area contributed by atoms with Gasteiger partial charge in [-0.15, -0.1) is 10.2 Å². The molecule has 1 aliphatic rings. The van der Waals surface area contributed by atoms with E-state index in [2.05, 4.69) is 10.2 Å². The van der Waals surface area contributed by atoms with Crippen molar-refractivity contribution in [2.45, 2.75) is 20.0 Å². The second-order valence-corrected chi connectivity index (χ2v) is 4.99. The number of aryl methyl sites for hydroxylation is 1. The predicted molar refractivity (Wildman–Crippen MR) is 71.0 cm³/mol. The lowest BCUT2D eigenvalue weighted by molar-refractivity contribution is 0.0706. The van der Waals surface area contributed by atoms with E-state index in [0.717, 1.165) is 18.2 Å². The number of amides is 1. The van der Waals surface area contributed by atoms with Gasteiger partial charge in [-0.3, -0.25) is 4.79 Å². The lowest BCUT2D eigenvalue weighted by Crippen LogP contribution is -2.38. The molecule has 0 spiro atoms. The summed E-state index contributed by atoms with van der Waals surface area (Å²) in [5.41, 5.74) is 0.609. The van der Waals surface area contributed by atoms with Crippen LogP contribution in [0.4, 0.5) is 0 Å². The van der Waals surface area contributed by atoms with E-state index < -0.39 is 0 Å². The van der Waals surface area contributed by atoms with Gasteiger partial charge in [0.2, 0.25) is 0 Å². The Kier molecular flexibility index (Phi) is 2.98. The molecule has 5 nitrogen and oxygen atoms in total. The molecule has 1 aromatic heterocycles. The van der Waals surface area contributed by atoms with Crippen molar-refractivity contribution in [1.82, 2.24) is 19.7 Å². The fourth-order valence-corrected chi connectivity index (χ4v) is 2.47. The van der Waals surface area contributed by atoms with E-state index in [4.69, 9.17) is 11.6 Å². The number of carbonyl (C=O) groups excluding carboxylic acids is 1. The third-order valence-electron chi connectivity index (χ3n) is 3.30. The second-order valence-electron chi connectivity index (χ2n) is 4.55. The summed E-state index contributed by atoms with van der Waals surface area (Å²) in [6.07, 6.45) is 0. The Morgan fingerprint density at radius 2 is 2.16 bits per heavy atom. The van der Waals surface area contributed by atoms with Crippen LogP contribution in [0, 0.1) is 6.92 Å². The molecule has 0 radical (unpaired) electrons. The quantitative estimate of drug-likeness (QED) is 0.799. The van der Waals surface area contributed by atoms with Crippen molar-refractivity contribution in [2.24, 2.45) is 0 Å². The molecule has 0 fully saturated rings. The van der Waals surface area contributed by atoms with E-state index in [9.17, 15) is 4.79 Å². The van der Waals surface area contributed by atoms with Crippen molar-refractivity contribution < 1.29 is 4.79 Å². The Labute approximate surface area is 115 Å². The minimum absolute atomic E-state index is 0.0191. The molecule has 3 rings (SSSR count). The molecule has 2 aromatic rings. The van der Waals surface area contributed by atoms with Gasteiger partial charge in [0, 0.05) is 23.7 Å². The van der Waals surface area contributed by atoms with Gasteiger partial charge < -0.3 is 9.47 Å². The highest BCUT2D eigenvalue weighted by Crippen LogP contribution is 2.17. The zero-order valence-electron chi connectivity index (χ0n) is 10.5. The van der Waals surface area contributed by atoms with Crippen molar-refractivity contribution in [3.05, 3.63) is 46.5 Å². The average Bonchev–Trinajstić information content (AvgIpc) is 2.79. The first-order chi connectivity index (χ1) is 9.15. The molecule has 1 amide bonds. The van der Waals surface area contributed by atoms with Crippen LogP contribution in [-0.4, -0.2) is 32.1 Å². The topological polar surface area (TPSA) is 51.0 Å². The van der Waals surface area contributed by atoms with E-state index in [1.165, 1.54) is 0 Å². The molecule has 19 heavy (non-hydrogen) atoms. The Morgan fingerprint density at radius 3 is 2.95 bits per heavy atom. The lowest BCUT2D eigenvalue weighted by atomic mass is 10.2. The Bertz CT molecular complexity index is 637. The van der Waals surface area contributed by atoms with E-state index >= 15 is 0 Å². The van der Waals surface area contributed by atoms with Crippen LogP contribution < -0.4 is 0 Å². The normalized spacial score (nSPS) is 14.3. The maximum Gasteiger partial charge on any atom is 0.254 e. The summed E-state index contributed by atoms with van der Waals surface area (Å²) < 4.78 is 2.04. The van der Waals surface area contributed by atoms with Gasteiger partial charge in [0.05, 0.1) is 6.54 Å². The van der Waals surface area contributed by atoms with Gasteiger partial charge in [0.1, 0.15) is 5.82 Å². The van der Waals surface area contributed by atoms with Gasteiger partial charge in [-0.05, 0) is 25.1 Å². The van der Waals surface area contributed by atoms with Crippen LogP contribution >= 0.6 is 11.6 Å². The predicted octanol–water partition coefficient (Wildman–Crippen LogP) is 1.90. The van der Waals surface area contributed by atoms with Gasteiger partial charge in [0.15, 0.2) is 5.82 Å². The summed E-state index contributed by atoms with van der Waals surface area (Å²) in [6, 6.07) is 7.01. The van der Waals surface area contributed by atoms with Crippen LogP contribution in [0.1, 0.15) is 22.0 Å². The molecular weight excluding hydrogens is 264 g/mol. The summed E-state index contributed by atoms with van der Waals surface area (Å²) in [5.74, 6) is 1.71. The lowest BCUT2D eigenvalue weighted by Gasteiger charge is -2.27. The zero-order chi connectivity index (χ0) is 13.4. The van der Waals surface area contributed by atoms with E-state index in [1.807, 2.05) is 11.5 Å². The van der Waals surface area contributed by atoms with Crippen LogP contribution in [0.3, 0.4) is 0 Å². The molecule has 2 heterocycles. The van der Waals surface area contributed by atoms with E-state index in [-0.39, 0.29) is 5.91 Å². The summed E-state index contributed by atoms with van der Waals surface area (Å²) in [4.78, 5) is 14.2. The average molecular weight is 277 g/mol. The second kappa shape index (κ2) is 4.66. The molecule has 0 saturated carbocycles. The molecule has 6 heteroatoms. The number of halogens is 1. The van der Waals surface area contributed by atoms with Crippen molar-refractivity contribution >= 4 is 17.5 Å². The number of nitrogens with zero attached hydrogens (tertiary/aromatic N) is 4. The monoisotopic (exact) mass is 276 g/mol. The van der Waals surface area contributed by atoms with Gasteiger partial charge in [0.25, 0.3) is 5.91 Å². The van der Waals surface area contributed by atoms with Gasteiger partial charge in [-0.1, -0.05) is 17.7 Å². The highest BCUT2D eigenvalue weighted by molar-refractivity contribution is 6.30. The molecule has 0 bridgehead atoms. The Balaban J connectivity index is 1.83. The molecule has 0 aliphatic carbocycles. The highest BCUT2D eigenvalue weighted by atomic mass is 35.5. The number of carbonyl (C=O) groups is 1. The standard InChI is InChI=1S/C13H13ClN4O/c1-9-15-16-12-8-17(5-6-18(9)12)13(19)10-3-2-4-11(14)7-10/h2-4,7H,5-6,8H2,1H3. The number of benzene rings is 1. The minimum Gasteiger partial charge on any atom is -0.329 e. The fourth-order valence-electron chi connectivity index (χ4n) is 2.28. The molecule has 1 aliphatic heterocycles. The number of fused-ring (bicyclic) bond motifs is 1. The van der Waals surface area contributed by atoms with Crippen LogP contribution in [0.5, 0.6) is 0 Å². The van der Waals surface area contributed by atoms with Crippen LogP contribution in [-0.2, 0) is 13.1 Å². The smallest absolute Gasteiger partial charge is 0.254 e. The van der Waals surface area contributed by atoms with Crippen molar-refractivity contribution in [2.75, 3.05) is 6.54 Å². The molecule has 0 saturated heterocycles. The van der Waals surface area contributed by atoms with Crippen molar-refractivity contribution in [3.63, 3.8) is 0 Å². The van der Waals surface area contributed by atoms with Gasteiger partial charge in [-0.2, -0.15) is 0 Å². The Hall–Kier alpha value is -1.88. The molecule has 0 atom stereocenters. The fraction of sp³-hybridized carbons (Fsp3) is 0.308. The summed E-state index contributed by atoms with van der Waals surface area (Å²) >= 11 is 5.92. The highest BCUT2D eigenvalue weighted by Gasteiger charge is 2.24. The SMILES string of the molecule is Cc1nnc2n1CCN(C(=O)c1cccc(Cl)c1)C2. The number of rotatable bonds is 1. The molecule has 0 unspecified atom stereocenters. The summed E-state index contributed by atoms with van der Waals surface area (Å²) in [7, 11) is 0. The van der Waals surface area contributed by atoms with E-state index in [1.54, 1.807) is 29.2 Å². The minimum atomic E-state index is -0.0191. The Morgan fingerprint density at radius 1 is 1.32 bits per heavy atom. The largest absolute Gasteiger partial charge is 0.329 e. The van der Waals surface area contributed by atoms with Crippen LogP contribution in [0.15, 0.2) is 24.3 Å². The number of aromatic nitrogens is 3. The number of hydrogen-bond acceptors (Lipinski definition) is 3. The summed E-state index contributed by atoms with van der Waals surface area (Å²) in [5, 5.41) is 8.70. The van der Waals surface area contributed by atoms with Gasteiger partial charge in [-0.25, -0.2) is 0 Å². The van der Waals surface area contributed by atoms with Crippen molar-refractivity contribution in [1.29, 1.82) is 0 Å². The first-order valence-corrected chi connectivity index (χ1v) is 6.46. The van der Waals surface area contributed by atoms with E-state index in [0.29, 0.717) is 23.7 Å². The van der Waals surface area contributed by atoms with Crippen LogP contribution in [0.2, 0.25) is 5.02 Å². The summed E-state index contributed by atoms with van der Waals surface area (Å²) in [6.45, 7) is 3.81. The zero-order valence-corrected chi connectivity index (χ0v) is 11.3. The first-order valence-electron chi connectivity index (χ1n) is 6.08. The van der Waals surface area contributed by atoms with Gasteiger partial charge >= 0.3 is 0 Å². The molecule has 98 valence electrons. The van der Waals surface area contributed by atoms with Crippen molar-refractivity contribution in [3.8, 4) is 0 Å². The molecular formula is C13H13ClN4O. The molecule has 0 N–H and O–H groups in total. The number of hydrogen-bond donors (Lipinski definition) is 0. The third kappa shape index (κ3) is 2.21. The van der Waals surface area contributed by atoms with Crippen LogP contribution in [0.25, 0.3) is 0 Å². The maximum atomic E-state index is 12.4. The first kappa shape index (κ1) is 12.2. The maximum absolute atomic E-state index is 12.4.